The van der Waals surface area contributed by atoms with Gasteiger partial charge in [-0.15, -0.1) is 0 Å². The van der Waals surface area contributed by atoms with Gasteiger partial charge in [0.25, 0.3) is 0 Å². The second kappa shape index (κ2) is 6.12. The third-order valence-corrected chi connectivity index (χ3v) is 3.40. The topological polar surface area (TPSA) is 87.9 Å². The van der Waals surface area contributed by atoms with Crippen LogP contribution in [0.2, 0.25) is 0 Å². The molecule has 0 saturated carbocycles. The van der Waals surface area contributed by atoms with Crippen molar-refractivity contribution >= 4 is 22.6 Å². The summed E-state index contributed by atoms with van der Waals surface area (Å²) in [6.45, 7) is 7.21. The highest BCUT2D eigenvalue weighted by molar-refractivity contribution is 7.16. The van der Waals surface area contributed by atoms with Crippen molar-refractivity contribution < 1.29 is 9.53 Å². The molecule has 114 valence electrons. The van der Waals surface area contributed by atoms with Crippen LogP contribution in [0.4, 0.5) is 9.93 Å². The fourth-order valence-electron chi connectivity index (χ4n) is 1.64. The lowest BCUT2D eigenvalue weighted by Crippen LogP contribution is -2.27. The molecule has 22 heavy (non-hydrogen) atoms. The second-order valence-electron chi connectivity index (χ2n) is 5.62. The Morgan fingerprint density at radius 2 is 2.14 bits per heavy atom. The number of hydrogen-bond acceptors (Lipinski definition) is 6. The molecular formula is C15H16N4O2S. The van der Waals surface area contributed by atoms with E-state index in [0.717, 1.165) is 22.6 Å². The molecule has 0 atom stereocenters. The van der Waals surface area contributed by atoms with E-state index in [1.165, 1.54) is 0 Å². The van der Waals surface area contributed by atoms with Crippen molar-refractivity contribution in [3.63, 3.8) is 0 Å². The summed E-state index contributed by atoms with van der Waals surface area (Å²) in [4.78, 5) is 20.7. The Labute approximate surface area is 132 Å². The number of nitriles is 1. The zero-order chi connectivity index (χ0) is 16.3. The largest absolute Gasteiger partial charge is 0.444 e. The Morgan fingerprint density at radius 3 is 2.68 bits per heavy atom. The molecule has 2 heterocycles. The minimum atomic E-state index is -0.598. The number of hydrogen-bond donors (Lipinski definition) is 1. The van der Waals surface area contributed by atoms with Gasteiger partial charge in [0.2, 0.25) is 0 Å². The van der Waals surface area contributed by atoms with Crippen molar-refractivity contribution in [2.24, 2.45) is 0 Å². The van der Waals surface area contributed by atoms with Gasteiger partial charge in [-0.25, -0.2) is 9.78 Å². The Balaban J connectivity index is 2.24. The molecule has 0 aromatic carbocycles. The molecule has 0 spiro atoms. The Kier molecular flexibility index (Phi) is 4.43. The average Bonchev–Trinajstić information content (AvgIpc) is 2.80. The third kappa shape index (κ3) is 4.02. The molecule has 1 N–H and O–H groups in total. The first-order valence-electron chi connectivity index (χ1n) is 6.62. The fraction of sp³-hybridized carbons (Fsp3) is 0.333. The first kappa shape index (κ1) is 15.9. The predicted octanol–water partition coefficient (Wildman–Crippen LogP) is 3.73. The smallest absolute Gasteiger partial charge is 0.413 e. The van der Waals surface area contributed by atoms with E-state index < -0.39 is 11.7 Å². The number of pyridine rings is 1. The van der Waals surface area contributed by atoms with E-state index >= 15 is 0 Å². The molecule has 0 saturated heterocycles. The molecule has 0 aliphatic rings. The number of carbonyl (C=O) groups is 1. The first-order valence-corrected chi connectivity index (χ1v) is 7.44. The maximum absolute atomic E-state index is 11.8. The predicted molar refractivity (Wildman–Crippen MR) is 84.7 cm³/mol. The van der Waals surface area contributed by atoms with E-state index in [2.05, 4.69) is 21.4 Å². The first-order chi connectivity index (χ1) is 10.3. The molecule has 2 rings (SSSR count). The SMILES string of the molecule is Cc1ccc(-c2nc(NC(=O)OC(C)(C)C)sc2C#N)cn1. The lowest BCUT2D eigenvalue weighted by Gasteiger charge is -2.18. The number of ether oxygens (including phenoxy) is 1. The van der Waals surface area contributed by atoms with Crippen LogP contribution < -0.4 is 5.32 Å². The standard InChI is InChI=1S/C15H16N4O2S/c1-9-5-6-10(8-17-9)12-11(7-16)22-13(18-12)19-14(20)21-15(2,3)4/h5-6,8H,1-4H3,(H,18,19,20). The van der Waals surface area contributed by atoms with Crippen molar-refractivity contribution in [1.29, 1.82) is 5.26 Å². The van der Waals surface area contributed by atoms with Crippen LogP contribution in [0.1, 0.15) is 31.3 Å². The summed E-state index contributed by atoms with van der Waals surface area (Å²) < 4.78 is 5.17. The van der Waals surface area contributed by atoms with Crippen LogP contribution in [0.5, 0.6) is 0 Å². The Bertz CT molecular complexity index is 723. The number of amides is 1. The van der Waals surface area contributed by atoms with Gasteiger partial charge in [-0.05, 0) is 39.8 Å². The number of anilines is 1. The minimum Gasteiger partial charge on any atom is -0.444 e. The number of aryl methyl sites for hydroxylation is 1. The fourth-order valence-corrected chi connectivity index (χ4v) is 2.41. The molecule has 6 nitrogen and oxygen atoms in total. The molecule has 0 unspecified atom stereocenters. The lowest BCUT2D eigenvalue weighted by atomic mass is 10.2. The van der Waals surface area contributed by atoms with E-state index in [1.807, 2.05) is 19.1 Å². The highest BCUT2D eigenvalue weighted by Gasteiger charge is 2.19. The minimum absolute atomic E-state index is 0.321. The van der Waals surface area contributed by atoms with E-state index in [9.17, 15) is 10.1 Å². The highest BCUT2D eigenvalue weighted by Crippen LogP contribution is 2.30. The normalized spacial score (nSPS) is 10.9. The van der Waals surface area contributed by atoms with E-state index in [1.54, 1.807) is 27.0 Å². The van der Waals surface area contributed by atoms with Crippen LogP contribution in [0.3, 0.4) is 0 Å². The molecule has 2 aromatic heterocycles. The van der Waals surface area contributed by atoms with Gasteiger partial charge in [0.05, 0.1) is 0 Å². The number of rotatable bonds is 2. The monoisotopic (exact) mass is 316 g/mol. The molecule has 0 fully saturated rings. The summed E-state index contributed by atoms with van der Waals surface area (Å²) in [7, 11) is 0. The van der Waals surface area contributed by atoms with Gasteiger partial charge in [0, 0.05) is 17.5 Å². The van der Waals surface area contributed by atoms with Gasteiger partial charge in [0.15, 0.2) is 5.13 Å². The maximum atomic E-state index is 11.8. The third-order valence-electron chi connectivity index (χ3n) is 2.52. The summed E-state index contributed by atoms with van der Waals surface area (Å²) >= 11 is 1.10. The zero-order valence-electron chi connectivity index (χ0n) is 12.8. The number of aromatic nitrogens is 2. The van der Waals surface area contributed by atoms with Crippen molar-refractivity contribution in [3.8, 4) is 17.3 Å². The van der Waals surface area contributed by atoms with Crippen molar-refractivity contribution in [2.45, 2.75) is 33.3 Å². The number of carbonyl (C=O) groups excluding carboxylic acids is 1. The summed E-state index contributed by atoms with van der Waals surface area (Å²) in [5.74, 6) is 0. The van der Waals surface area contributed by atoms with Gasteiger partial charge < -0.3 is 4.74 Å². The molecule has 0 aliphatic carbocycles. The quantitative estimate of drug-likeness (QED) is 0.912. The summed E-state index contributed by atoms with van der Waals surface area (Å²) in [6, 6.07) is 5.77. The number of nitrogens with zero attached hydrogens (tertiary/aromatic N) is 3. The second-order valence-corrected chi connectivity index (χ2v) is 6.62. The highest BCUT2D eigenvalue weighted by atomic mass is 32.1. The summed E-state index contributed by atoms with van der Waals surface area (Å²) in [6.07, 6.45) is 1.06. The summed E-state index contributed by atoms with van der Waals surface area (Å²) in [5.41, 5.74) is 1.52. The summed E-state index contributed by atoms with van der Waals surface area (Å²) in [5, 5.41) is 12.1. The van der Waals surface area contributed by atoms with Gasteiger partial charge >= 0.3 is 6.09 Å². The Hall–Kier alpha value is -2.46. The van der Waals surface area contributed by atoms with Crippen molar-refractivity contribution in [2.75, 3.05) is 5.32 Å². The van der Waals surface area contributed by atoms with Crippen LogP contribution in [0, 0.1) is 18.3 Å². The van der Waals surface area contributed by atoms with E-state index in [4.69, 9.17) is 4.74 Å². The molecule has 0 bridgehead atoms. The molecule has 0 radical (unpaired) electrons. The van der Waals surface area contributed by atoms with Gasteiger partial charge in [-0.3, -0.25) is 10.3 Å². The van der Waals surface area contributed by atoms with Crippen LogP contribution in [0.25, 0.3) is 11.3 Å². The van der Waals surface area contributed by atoms with Gasteiger partial charge in [-0.1, -0.05) is 11.3 Å². The zero-order valence-corrected chi connectivity index (χ0v) is 13.6. The molecule has 2 aromatic rings. The van der Waals surface area contributed by atoms with Gasteiger partial charge in [-0.2, -0.15) is 5.26 Å². The number of nitrogens with one attached hydrogen (secondary N) is 1. The molecule has 7 heteroatoms. The average molecular weight is 316 g/mol. The number of thiazole rings is 1. The van der Waals surface area contributed by atoms with Crippen LogP contribution in [-0.4, -0.2) is 21.7 Å². The maximum Gasteiger partial charge on any atom is 0.413 e. The van der Waals surface area contributed by atoms with Crippen molar-refractivity contribution in [3.05, 3.63) is 28.9 Å². The van der Waals surface area contributed by atoms with Crippen molar-refractivity contribution in [1.82, 2.24) is 9.97 Å². The van der Waals surface area contributed by atoms with E-state index in [0.29, 0.717) is 15.7 Å². The molecule has 0 aliphatic heterocycles. The Morgan fingerprint density at radius 1 is 1.41 bits per heavy atom. The van der Waals surface area contributed by atoms with Crippen LogP contribution in [0.15, 0.2) is 18.3 Å². The van der Waals surface area contributed by atoms with Crippen LogP contribution in [-0.2, 0) is 4.74 Å². The molecular weight excluding hydrogens is 300 g/mol. The van der Waals surface area contributed by atoms with Gasteiger partial charge in [0.1, 0.15) is 22.2 Å². The van der Waals surface area contributed by atoms with E-state index in [-0.39, 0.29) is 0 Å². The molecule has 1 amide bonds. The lowest BCUT2D eigenvalue weighted by molar-refractivity contribution is 0.0636. The van der Waals surface area contributed by atoms with Crippen LogP contribution >= 0.6 is 11.3 Å².